The fraction of sp³-hybridized carbons (Fsp3) is 0.200. The molecule has 0 aromatic heterocycles. The van der Waals surface area contributed by atoms with Crippen LogP contribution in [0.4, 0.5) is 0 Å². The first kappa shape index (κ1) is 10.2. The van der Waals surface area contributed by atoms with E-state index in [2.05, 4.69) is 5.32 Å². The summed E-state index contributed by atoms with van der Waals surface area (Å²) in [5, 5.41) is 13.2. The molecular formula is C10H10NO3-. The molecule has 1 aromatic rings. The van der Waals surface area contributed by atoms with Gasteiger partial charge in [0.25, 0.3) is 5.91 Å². The summed E-state index contributed by atoms with van der Waals surface area (Å²) in [5.41, 5.74) is 0.0489. The van der Waals surface area contributed by atoms with Crippen LogP contribution >= 0.6 is 0 Å². The van der Waals surface area contributed by atoms with E-state index in [1.807, 2.05) is 0 Å². The number of hydrogen-bond acceptors (Lipinski definition) is 3. The Morgan fingerprint density at radius 2 is 1.86 bits per heavy atom. The van der Waals surface area contributed by atoms with Crippen LogP contribution < -0.4 is 10.4 Å². The quantitative estimate of drug-likeness (QED) is 0.721. The first-order chi connectivity index (χ1) is 6.66. The van der Waals surface area contributed by atoms with Crippen LogP contribution in [0.1, 0.15) is 27.6 Å². The van der Waals surface area contributed by atoms with E-state index >= 15 is 0 Å². The Bertz CT molecular complexity index is 360. The van der Waals surface area contributed by atoms with Crippen molar-refractivity contribution < 1.29 is 14.7 Å². The smallest absolute Gasteiger partial charge is 0.251 e. The molecule has 4 heteroatoms. The fourth-order valence-electron chi connectivity index (χ4n) is 1.11. The van der Waals surface area contributed by atoms with Crippen molar-refractivity contribution >= 4 is 11.9 Å². The zero-order valence-corrected chi connectivity index (χ0v) is 7.74. The SMILES string of the molecule is CCNC(=O)c1ccccc1C(=O)[O-]. The highest BCUT2D eigenvalue weighted by atomic mass is 16.4. The van der Waals surface area contributed by atoms with Crippen LogP contribution in [0.2, 0.25) is 0 Å². The van der Waals surface area contributed by atoms with E-state index < -0.39 is 11.9 Å². The minimum absolute atomic E-state index is 0.0848. The molecule has 0 aliphatic rings. The van der Waals surface area contributed by atoms with Crippen LogP contribution in [0.15, 0.2) is 24.3 Å². The molecule has 0 saturated carbocycles. The molecule has 0 atom stereocenters. The molecule has 0 saturated heterocycles. The highest BCUT2D eigenvalue weighted by Crippen LogP contribution is 2.07. The van der Waals surface area contributed by atoms with Gasteiger partial charge in [0.1, 0.15) is 0 Å². The molecule has 0 radical (unpaired) electrons. The number of benzene rings is 1. The Morgan fingerprint density at radius 3 is 2.36 bits per heavy atom. The third-order valence-electron chi connectivity index (χ3n) is 1.73. The number of carboxylic acid groups (broad SMARTS) is 1. The van der Waals surface area contributed by atoms with Crippen LogP contribution in [0.25, 0.3) is 0 Å². The van der Waals surface area contributed by atoms with Crippen molar-refractivity contribution in [1.29, 1.82) is 0 Å². The maximum atomic E-state index is 11.4. The van der Waals surface area contributed by atoms with E-state index in [9.17, 15) is 14.7 Å². The van der Waals surface area contributed by atoms with E-state index in [1.54, 1.807) is 19.1 Å². The molecular weight excluding hydrogens is 182 g/mol. The topological polar surface area (TPSA) is 69.2 Å². The molecule has 4 nitrogen and oxygen atoms in total. The predicted molar refractivity (Wildman–Crippen MR) is 48.8 cm³/mol. The Labute approximate surface area is 81.6 Å². The first-order valence-corrected chi connectivity index (χ1v) is 4.25. The lowest BCUT2D eigenvalue weighted by Gasteiger charge is -2.09. The zero-order valence-electron chi connectivity index (χ0n) is 7.74. The van der Waals surface area contributed by atoms with Crippen LogP contribution in [0, 0.1) is 0 Å². The van der Waals surface area contributed by atoms with Gasteiger partial charge >= 0.3 is 0 Å². The van der Waals surface area contributed by atoms with Crippen LogP contribution in [-0.4, -0.2) is 18.4 Å². The molecule has 0 aliphatic heterocycles. The Morgan fingerprint density at radius 1 is 1.29 bits per heavy atom. The van der Waals surface area contributed by atoms with E-state index in [1.165, 1.54) is 12.1 Å². The predicted octanol–water partition coefficient (Wildman–Crippen LogP) is -0.200. The van der Waals surface area contributed by atoms with Gasteiger partial charge in [-0.2, -0.15) is 0 Å². The summed E-state index contributed by atoms with van der Waals surface area (Å²) in [4.78, 5) is 22.0. The van der Waals surface area contributed by atoms with E-state index in [0.717, 1.165) is 0 Å². The standard InChI is InChI=1S/C10H11NO3/c1-2-11-9(12)7-5-3-4-6-8(7)10(13)14/h3-6H,2H2,1H3,(H,11,12)(H,13,14)/p-1. The Balaban J connectivity index is 3.07. The molecule has 0 bridgehead atoms. The van der Waals surface area contributed by atoms with Gasteiger partial charge in [0.05, 0.1) is 5.97 Å². The normalized spacial score (nSPS) is 9.50. The van der Waals surface area contributed by atoms with Gasteiger partial charge in [-0.1, -0.05) is 18.2 Å². The van der Waals surface area contributed by atoms with Gasteiger partial charge in [0.15, 0.2) is 0 Å². The van der Waals surface area contributed by atoms with Crippen molar-refractivity contribution in [3.63, 3.8) is 0 Å². The lowest BCUT2D eigenvalue weighted by atomic mass is 10.1. The highest BCUT2D eigenvalue weighted by Gasteiger charge is 2.09. The fourth-order valence-corrected chi connectivity index (χ4v) is 1.11. The highest BCUT2D eigenvalue weighted by molar-refractivity contribution is 6.04. The molecule has 0 aliphatic carbocycles. The number of aromatic carboxylic acids is 1. The first-order valence-electron chi connectivity index (χ1n) is 4.25. The minimum Gasteiger partial charge on any atom is -0.545 e. The van der Waals surface area contributed by atoms with Crippen molar-refractivity contribution in [3.8, 4) is 0 Å². The Hall–Kier alpha value is -1.84. The van der Waals surface area contributed by atoms with Crippen molar-refractivity contribution in [1.82, 2.24) is 5.32 Å². The lowest BCUT2D eigenvalue weighted by Crippen LogP contribution is -2.29. The number of carboxylic acids is 1. The molecule has 0 heterocycles. The molecule has 1 aromatic carbocycles. The summed E-state index contributed by atoms with van der Waals surface area (Å²) in [6, 6.07) is 5.96. The average Bonchev–Trinajstić information content (AvgIpc) is 2.18. The van der Waals surface area contributed by atoms with Gasteiger partial charge in [-0.3, -0.25) is 4.79 Å². The van der Waals surface area contributed by atoms with E-state index in [-0.39, 0.29) is 11.1 Å². The second kappa shape index (κ2) is 4.41. The monoisotopic (exact) mass is 192 g/mol. The van der Waals surface area contributed by atoms with E-state index in [0.29, 0.717) is 6.54 Å². The average molecular weight is 192 g/mol. The molecule has 1 N–H and O–H groups in total. The zero-order chi connectivity index (χ0) is 10.6. The maximum Gasteiger partial charge on any atom is 0.251 e. The van der Waals surface area contributed by atoms with Gasteiger partial charge in [0.2, 0.25) is 0 Å². The van der Waals surface area contributed by atoms with Gasteiger partial charge in [-0.25, -0.2) is 0 Å². The molecule has 1 rings (SSSR count). The van der Waals surface area contributed by atoms with Crippen molar-refractivity contribution in [2.24, 2.45) is 0 Å². The van der Waals surface area contributed by atoms with Gasteiger partial charge in [-0.15, -0.1) is 0 Å². The summed E-state index contributed by atoms with van der Waals surface area (Å²) in [6.45, 7) is 2.22. The largest absolute Gasteiger partial charge is 0.545 e. The third kappa shape index (κ3) is 2.10. The van der Waals surface area contributed by atoms with Gasteiger partial charge in [-0.05, 0) is 13.0 Å². The summed E-state index contributed by atoms with van der Waals surface area (Å²) in [5.74, 6) is -1.74. The maximum absolute atomic E-state index is 11.4. The third-order valence-corrected chi connectivity index (χ3v) is 1.73. The van der Waals surface area contributed by atoms with Crippen LogP contribution in [-0.2, 0) is 0 Å². The molecule has 1 amide bonds. The lowest BCUT2D eigenvalue weighted by molar-refractivity contribution is -0.255. The number of carbonyl (C=O) groups is 2. The number of hydrogen-bond donors (Lipinski definition) is 1. The van der Waals surface area contributed by atoms with E-state index in [4.69, 9.17) is 0 Å². The summed E-state index contributed by atoms with van der Waals surface area (Å²) in [6.07, 6.45) is 0. The molecule has 74 valence electrons. The van der Waals surface area contributed by atoms with Crippen molar-refractivity contribution in [2.75, 3.05) is 6.54 Å². The molecule has 14 heavy (non-hydrogen) atoms. The van der Waals surface area contributed by atoms with Gasteiger partial charge in [0, 0.05) is 17.7 Å². The number of carbonyl (C=O) groups excluding carboxylic acids is 2. The second-order valence-corrected chi connectivity index (χ2v) is 2.69. The minimum atomic E-state index is -1.34. The molecule has 0 spiro atoms. The Kier molecular flexibility index (Phi) is 3.23. The van der Waals surface area contributed by atoms with Crippen LogP contribution in [0.5, 0.6) is 0 Å². The molecule has 0 unspecified atom stereocenters. The van der Waals surface area contributed by atoms with Gasteiger partial charge < -0.3 is 15.2 Å². The number of nitrogens with one attached hydrogen (secondary N) is 1. The summed E-state index contributed by atoms with van der Waals surface area (Å²) >= 11 is 0. The van der Waals surface area contributed by atoms with Crippen LogP contribution in [0.3, 0.4) is 0 Å². The summed E-state index contributed by atoms with van der Waals surface area (Å²) < 4.78 is 0. The van der Waals surface area contributed by atoms with Crippen molar-refractivity contribution in [3.05, 3.63) is 35.4 Å². The second-order valence-electron chi connectivity index (χ2n) is 2.69. The van der Waals surface area contributed by atoms with Crippen molar-refractivity contribution in [2.45, 2.75) is 6.92 Å². The number of rotatable bonds is 3. The number of amides is 1. The summed E-state index contributed by atoms with van der Waals surface area (Å²) in [7, 11) is 0. The molecule has 0 fully saturated rings.